The Balaban J connectivity index is 1.55. The van der Waals surface area contributed by atoms with Gasteiger partial charge < -0.3 is 10.2 Å². The van der Waals surface area contributed by atoms with Gasteiger partial charge in [-0.15, -0.1) is 0 Å². The highest BCUT2D eigenvalue weighted by molar-refractivity contribution is 7.89. The molecule has 0 atom stereocenters. The maximum Gasteiger partial charge on any atom is 0.241 e. The van der Waals surface area contributed by atoms with E-state index in [1.807, 2.05) is 29.2 Å². The summed E-state index contributed by atoms with van der Waals surface area (Å²) in [4.78, 5) is 17.8. The fourth-order valence-corrected chi connectivity index (χ4v) is 3.48. The summed E-state index contributed by atoms with van der Waals surface area (Å²) in [6.07, 6.45) is 2.93. The Kier molecular flexibility index (Phi) is 5.53. The molecule has 0 aliphatic carbocycles. The van der Waals surface area contributed by atoms with Crippen LogP contribution >= 0.6 is 0 Å². The largest absolute Gasteiger partial charge is 0.366 e. The average molecular weight is 374 g/mol. The van der Waals surface area contributed by atoms with E-state index in [-0.39, 0.29) is 10.8 Å². The number of hydrogen-bond donors (Lipinski definition) is 2. The van der Waals surface area contributed by atoms with Gasteiger partial charge in [0.1, 0.15) is 10.7 Å². The summed E-state index contributed by atoms with van der Waals surface area (Å²) >= 11 is 0. The number of benzene rings is 1. The molecule has 1 aromatic carbocycles. The van der Waals surface area contributed by atoms with Gasteiger partial charge in [-0.25, -0.2) is 18.1 Å². The molecule has 1 saturated heterocycles. The minimum Gasteiger partial charge on any atom is -0.366 e. The molecule has 2 aromatic rings. The van der Waals surface area contributed by atoms with E-state index in [1.165, 1.54) is 19.3 Å². The predicted molar refractivity (Wildman–Crippen MR) is 98.9 cm³/mol. The third kappa shape index (κ3) is 4.39. The lowest BCUT2D eigenvalue weighted by Gasteiger charge is -2.15. The standard InChI is InChI=1S/C18H22N4O3S/c1-19-26(24,25)16-8-9-17(21-12-16)20-11-14-4-6-15(7-5-14)13-22-10-2-3-18(22)23/h4-9,12,19H,2-3,10-11,13H2,1H3,(H,20,21). The van der Waals surface area contributed by atoms with Crippen molar-refractivity contribution in [2.45, 2.75) is 30.8 Å². The van der Waals surface area contributed by atoms with Gasteiger partial charge in [0.2, 0.25) is 15.9 Å². The minimum absolute atomic E-state index is 0.131. The minimum atomic E-state index is -3.47. The van der Waals surface area contributed by atoms with Crippen molar-refractivity contribution in [2.24, 2.45) is 0 Å². The molecular weight excluding hydrogens is 352 g/mol. The number of pyridine rings is 1. The highest BCUT2D eigenvalue weighted by Gasteiger charge is 2.19. The van der Waals surface area contributed by atoms with Gasteiger partial charge in [0, 0.05) is 32.3 Å². The van der Waals surface area contributed by atoms with E-state index < -0.39 is 10.0 Å². The second-order valence-electron chi connectivity index (χ2n) is 6.18. The maximum atomic E-state index is 11.7. The topological polar surface area (TPSA) is 91.4 Å². The zero-order valence-electron chi connectivity index (χ0n) is 14.6. The van der Waals surface area contributed by atoms with Gasteiger partial charge in [0.15, 0.2) is 0 Å². The van der Waals surface area contributed by atoms with Gasteiger partial charge in [0.05, 0.1) is 0 Å². The molecule has 2 heterocycles. The molecule has 138 valence electrons. The van der Waals surface area contributed by atoms with Crippen LogP contribution in [-0.2, 0) is 27.9 Å². The monoisotopic (exact) mass is 374 g/mol. The molecule has 1 fully saturated rings. The molecule has 1 aromatic heterocycles. The Hall–Kier alpha value is -2.45. The average Bonchev–Trinajstić information content (AvgIpc) is 3.06. The number of carbonyl (C=O) groups is 1. The molecule has 1 amide bonds. The number of sulfonamides is 1. The molecule has 26 heavy (non-hydrogen) atoms. The summed E-state index contributed by atoms with van der Waals surface area (Å²) in [5.74, 6) is 0.831. The highest BCUT2D eigenvalue weighted by atomic mass is 32.2. The van der Waals surface area contributed by atoms with E-state index in [0.717, 1.165) is 24.1 Å². The Bertz CT molecular complexity index is 864. The molecule has 7 nitrogen and oxygen atoms in total. The molecule has 1 aliphatic heterocycles. The van der Waals surface area contributed by atoms with Crippen LogP contribution in [0.1, 0.15) is 24.0 Å². The first-order valence-corrected chi connectivity index (χ1v) is 9.95. The third-order valence-corrected chi connectivity index (χ3v) is 5.76. The van der Waals surface area contributed by atoms with Crippen LogP contribution in [0.2, 0.25) is 0 Å². The molecular formula is C18H22N4O3S. The van der Waals surface area contributed by atoms with E-state index in [0.29, 0.717) is 25.3 Å². The van der Waals surface area contributed by atoms with Crippen molar-refractivity contribution in [2.75, 3.05) is 18.9 Å². The van der Waals surface area contributed by atoms with Crippen molar-refractivity contribution >= 4 is 21.7 Å². The smallest absolute Gasteiger partial charge is 0.241 e. The maximum absolute atomic E-state index is 11.7. The lowest BCUT2D eigenvalue weighted by atomic mass is 10.1. The van der Waals surface area contributed by atoms with Gasteiger partial charge in [0.25, 0.3) is 0 Å². The van der Waals surface area contributed by atoms with Crippen LogP contribution in [0.15, 0.2) is 47.5 Å². The SMILES string of the molecule is CNS(=O)(=O)c1ccc(NCc2ccc(CN3CCCC3=O)cc2)nc1. The summed E-state index contributed by atoms with van der Waals surface area (Å²) in [7, 11) is -2.10. The number of carbonyl (C=O) groups excluding carboxylic acids is 1. The first-order chi connectivity index (χ1) is 12.5. The number of amides is 1. The third-order valence-electron chi connectivity index (χ3n) is 4.36. The molecule has 0 unspecified atom stereocenters. The van der Waals surface area contributed by atoms with Gasteiger partial charge in [-0.1, -0.05) is 24.3 Å². The zero-order valence-corrected chi connectivity index (χ0v) is 15.4. The zero-order chi connectivity index (χ0) is 18.6. The van der Waals surface area contributed by atoms with Gasteiger partial charge in [-0.2, -0.15) is 0 Å². The second-order valence-corrected chi connectivity index (χ2v) is 8.06. The fourth-order valence-electron chi connectivity index (χ4n) is 2.81. The Morgan fingerprint density at radius 2 is 1.85 bits per heavy atom. The van der Waals surface area contributed by atoms with Crippen molar-refractivity contribution in [3.8, 4) is 0 Å². The number of likely N-dealkylation sites (tertiary alicyclic amines) is 1. The van der Waals surface area contributed by atoms with Crippen molar-refractivity contribution < 1.29 is 13.2 Å². The molecule has 0 radical (unpaired) electrons. The molecule has 0 saturated carbocycles. The number of anilines is 1. The molecule has 3 rings (SSSR count). The van der Waals surface area contributed by atoms with E-state index in [9.17, 15) is 13.2 Å². The molecule has 0 spiro atoms. The number of nitrogens with zero attached hydrogens (tertiary/aromatic N) is 2. The normalized spacial score (nSPS) is 14.7. The van der Waals surface area contributed by atoms with Crippen molar-refractivity contribution in [1.82, 2.24) is 14.6 Å². The van der Waals surface area contributed by atoms with Crippen molar-refractivity contribution in [3.63, 3.8) is 0 Å². The van der Waals surface area contributed by atoms with Crippen LogP contribution in [0.4, 0.5) is 5.82 Å². The fraction of sp³-hybridized carbons (Fsp3) is 0.333. The van der Waals surface area contributed by atoms with Crippen molar-refractivity contribution in [1.29, 1.82) is 0 Å². The summed E-state index contributed by atoms with van der Waals surface area (Å²) < 4.78 is 25.6. The summed E-state index contributed by atoms with van der Waals surface area (Å²) in [5, 5.41) is 3.17. The Morgan fingerprint density at radius 1 is 1.12 bits per heavy atom. The number of nitrogens with one attached hydrogen (secondary N) is 2. The van der Waals surface area contributed by atoms with Crippen LogP contribution in [0.5, 0.6) is 0 Å². The van der Waals surface area contributed by atoms with Crippen LogP contribution in [0.3, 0.4) is 0 Å². The first kappa shape index (κ1) is 18.3. The van der Waals surface area contributed by atoms with E-state index >= 15 is 0 Å². The second kappa shape index (κ2) is 7.84. The van der Waals surface area contributed by atoms with E-state index in [1.54, 1.807) is 6.07 Å². The summed E-state index contributed by atoms with van der Waals surface area (Å²) in [5.41, 5.74) is 2.19. The van der Waals surface area contributed by atoms with Crippen LogP contribution < -0.4 is 10.0 Å². The number of hydrogen-bond acceptors (Lipinski definition) is 5. The molecule has 2 N–H and O–H groups in total. The summed E-state index contributed by atoms with van der Waals surface area (Å²) in [6, 6.07) is 11.2. The highest BCUT2D eigenvalue weighted by Crippen LogP contribution is 2.16. The van der Waals surface area contributed by atoms with Gasteiger partial charge >= 0.3 is 0 Å². The Labute approximate surface area is 153 Å². The van der Waals surface area contributed by atoms with Crippen LogP contribution in [0.25, 0.3) is 0 Å². The lowest BCUT2D eigenvalue weighted by molar-refractivity contribution is -0.128. The van der Waals surface area contributed by atoms with E-state index in [4.69, 9.17) is 0 Å². The van der Waals surface area contributed by atoms with Gasteiger partial charge in [-0.05, 0) is 36.7 Å². The summed E-state index contributed by atoms with van der Waals surface area (Å²) in [6.45, 7) is 2.08. The number of rotatable bonds is 7. The Morgan fingerprint density at radius 3 is 2.42 bits per heavy atom. The predicted octanol–water partition coefficient (Wildman–Crippen LogP) is 1.72. The van der Waals surface area contributed by atoms with Crippen LogP contribution in [0, 0.1) is 0 Å². The molecule has 8 heteroatoms. The van der Waals surface area contributed by atoms with E-state index in [2.05, 4.69) is 15.0 Å². The van der Waals surface area contributed by atoms with Crippen molar-refractivity contribution in [3.05, 3.63) is 53.7 Å². The first-order valence-electron chi connectivity index (χ1n) is 8.47. The molecule has 0 bridgehead atoms. The van der Waals surface area contributed by atoms with Crippen LogP contribution in [-0.4, -0.2) is 37.8 Å². The molecule has 1 aliphatic rings. The quantitative estimate of drug-likeness (QED) is 0.770. The lowest BCUT2D eigenvalue weighted by Crippen LogP contribution is -2.23. The van der Waals surface area contributed by atoms with Gasteiger partial charge in [-0.3, -0.25) is 4.79 Å². The number of aromatic nitrogens is 1.